The number of nitrogens with zero attached hydrogens (tertiary/aromatic N) is 3. The average molecular weight is 363 g/mol. The Morgan fingerprint density at radius 2 is 2.11 bits per heavy atom. The molecule has 2 heterocycles. The van der Waals surface area contributed by atoms with Gasteiger partial charge in [-0.05, 0) is 37.1 Å². The van der Waals surface area contributed by atoms with Gasteiger partial charge in [-0.2, -0.15) is 4.98 Å². The number of anilines is 1. The first-order valence-electron chi connectivity index (χ1n) is 9.02. The average Bonchev–Trinajstić information content (AvgIpc) is 3.30. The summed E-state index contributed by atoms with van der Waals surface area (Å²) < 4.78 is 10.6. The Balaban J connectivity index is 1.44. The van der Waals surface area contributed by atoms with Crippen LogP contribution in [0.2, 0.25) is 0 Å². The smallest absolute Gasteiger partial charge is 0.227 e. The third-order valence-corrected chi connectivity index (χ3v) is 4.82. The van der Waals surface area contributed by atoms with Gasteiger partial charge in [0.2, 0.25) is 17.6 Å². The molecule has 1 atom stereocenters. The summed E-state index contributed by atoms with van der Waals surface area (Å²) in [5.41, 5.74) is 3.05. The number of carbonyl (C=O) groups excluding carboxylic acids is 1. The summed E-state index contributed by atoms with van der Waals surface area (Å²) in [6, 6.07) is 15.7. The van der Waals surface area contributed by atoms with Gasteiger partial charge in [-0.3, -0.25) is 4.79 Å². The highest BCUT2D eigenvalue weighted by atomic mass is 16.5. The van der Waals surface area contributed by atoms with E-state index in [0.717, 1.165) is 23.4 Å². The van der Waals surface area contributed by atoms with Crippen LogP contribution < -0.4 is 9.64 Å². The van der Waals surface area contributed by atoms with Crippen LogP contribution in [0, 0.1) is 0 Å². The van der Waals surface area contributed by atoms with Gasteiger partial charge >= 0.3 is 0 Å². The van der Waals surface area contributed by atoms with Gasteiger partial charge in [0.25, 0.3) is 0 Å². The van der Waals surface area contributed by atoms with E-state index in [1.54, 1.807) is 7.11 Å². The molecule has 138 valence electrons. The lowest BCUT2D eigenvalue weighted by Gasteiger charge is -2.22. The minimum atomic E-state index is 0.0774. The van der Waals surface area contributed by atoms with Crippen molar-refractivity contribution in [2.75, 3.05) is 12.0 Å². The van der Waals surface area contributed by atoms with Gasteiger partial charge in [0.05, 0.1) is 7.11 Å². The van der Waals surface area contributed by atoms with Crippen molar-refractivity contribution in [2.24, 2.45) is 0 Å². The zero-order chi connectivity index (χ0) is 18.8. The summed E-state index contributed by atoms with van der Waals surface area (Å²) in [4.78, 5) is 19.1. The van der Waals surface area contributed by atoms with E-state index in [0.29, 0.717) is 24.6 Å². The number of hydrogen-bond acceptors (Lipinski definition) is 5. The Bertz CT molecular complexity index is 967. The first kappa shape index (κ1) is 17.3. The Kier molecular flexibility index (Phi) is 4.62. The number of aryl methyl sites for hydroxylation is 1. The summed E-state index contributed by atoms with van der Waals surface area (Å²) in [5, 5.41) is 4.02. The highest BCUT2D eigenvalue weighted by Gasteiger charge is 2.30. The molecule has 1 aliphatic heterocycles. The molecule has 6 nitrogen and oxygen atoms in total. The first-order chi connectivity index (χ1) is 13.2. The molecule has 0 aliphatic carbocycles. The Hall–Kier alpha value is -3.15. The van der Waals surface area contributed by atoms with E-state index >= 15 is 0 Å². The quantitative estimate of drug-likeness (QED) is 0.692. The van der Waals surface area contributed by atoms with E-state index in [4.69, 9.17) is 9.26 Å². The lowest BCUT2D eigenvalue weighted by molar-refractivity contribution is -0.118. The second-order valence-corrected chi connectivity index (χ2v) is 6.69. The molecular formula is C21H21N3O3. The number of hydrogen-bond donors (Lipinski definition) is 0. The zero-order valence-corrected chi connectivity index (χ0v) is 15.4. The number of amides is 1. The lowest BCUT2D eigenvalue weighted by atomic mass is 10.1. The van der Waals surface area contributed by atoms with E-state index in [2.05, 4.69) is 23.1 Å². The van der Waals surface area contributed by atoms with Gasteiger partial charge in [0.1, 0.15) is 5.75 Å². The van der Waals surface area contributed by atoms with Crippen molar-refractivity contribution in [3.63, 3.8) is 0 Å². The van der Waals surface area contributed by atoms with E-state index in [1.165, 1.54) is 5.56 Å². The van der Waals surface area contributed by atoms with Crippen LogP contribution in [0.5, 0.6) is 5.75 Å². The van der Waals surface area contributed by atoms with E-state index in [1.807, 2.05) is 47.4 Å². The molecule has 0 saturated carbocycles. The second-order valence-electron chi connectivity index (χ2n) is 6.69. The van der Waals surface area contributed by atoms with Crippen LogP contribution in [-0.2, 0) is 17.6 Å². The fraction of sp³-hybridized carbons (Fsp3) is 0.286. The predicted molar refractivity (Wildman–Crippen MR) is 102 cm³/mol. The van der Waals surface area contributed by atoms with Crippen LogP contribution in [0.15, 0.2) is 53.1 Å². The first-order valence-corrected chi connectivity index (χ1v) is 9.02. The van der Waals surface area contributed by atoms with E-state index in [-0.39, 0.29) is 11.9 Å². The van der Waals surface area contributed by atoms with Gasteiger partial charge in [-0.25, -0.2) is 0 Å². The number of carbonyl (C=O) groups is 1. The highest BCUT2D eigenvalue weighted by Crippen LogP contribution is 2.32. The minimum absolute atomic E-state index is 0.0774. The molecule has 0 radical (unpaired) electrons. The second kappa shape index (κ2) is 7.23. The number of para-hydroxylation sites is 1. The Labute approximate surface area is 157 Å². The van der Waals surface area contributed by atoms with E-state index < -0.39 is 0 Å². The van der Waals surface area contributed by atoms with Gasteiger partial charge < -0.3 is 14.2 Å². The van der Waals surface area contributed by atoms with Crippen molar-refractivity contribution < 1.29 is 14.1 Å². The third-order valence-electron chi connectivity index (χ3n) is 4.82. The largest absolute Gasteiger partial charge is 0.497 e. The SMILES string of the molecule is COc1cccc(-c2noc(CCC(=O)N3c4ccccc4CC3C)n2)c1. The molecule has 4 rings (SSSR count). The Morgan fingerprint density at radius 3 is 2.96 bits per heavy atom. The van der Waals surface area contributed by atoms with Crippen molar-refractivity contribution in [3.05, 3.63) is 60.0 Å². The maximum Gasteiger partial charge on any atom is 0.227 e. The molecule has 0 saturated heterocycles. The standard InChI is InChI=1S/C21H21N3O3/c1-14-12-15-6-3-4-9-18(15)24(14)20(25)11-10-19-22-21(23-27-19)16-7-5-8-17(13-16)26-2/h3-9,13-14H,10-12H2,1-2H3. The van der Waals surface area contributed by atoms with Gasteiger partial charge in [-0.1, -0.05) is 35.5 Å². The molecule has 0 fully saturated rings. The van der Waals surface area contributed by atoms with Crippen LogP contribution >= 0.6 is 0 Å². The molecule has 0 N–H and O–H groups in total. The summed E-state index contributed by atoms with van der Waals surface area (Å²) in [6.07, 6.45) is 1.64. The normalized spacial score (nSPS) is 15.6. The summed E-state index contributed by atoms with van der Waals surface area (Å²) >= 11 is 0. The van der Waals surface area contributed by atoms with Gasteiger partial charge in [-0.15, -0.1) is 0 Å². The molecule has 3 aromatic rings. The minimum Gasteiger partial charge on any atom is -0.497 e. The monoisotopic (exact) mass is 363 g/mol. The number of fused-ring (bicyclic) bond motifs is 1. The molecule has 0 spiro atoms. The number of benzene rings is 2. The third kappa shape index (κ3) is 3.43. The van der Waals surface area contributed by atoms with Crippen molar-refractivity contribution in [2.45, 2.75) is 32.2 Å². The molecule has 27 heavy (non-hydrogen) atoms. The summed E-state index contributed by atoms with van der Waals surface area (Å²) in [6.45, 7) is 2.07. The molecule has 1 aliphatic rings. The van der Waals surface area contributed by atoms with Crippen LogP contribution in [0.3, 0.4) is 0 Å². The molecule has 0 bridgehead atoms. The van der Waals surface area contributed by atoms with Crippen molar-refractivity contribution in [3.8, 4) is 17.1 Å². The summed E-state index contributed by atoms with van der Waals surface area (Å²) in [7, 11) is 1.61. The van der Waals surface area contributed by atoms with Gasteiger partial charge in [0, 0.05) is 30.1 Å². The van der Waals surface area contributed by atoms with Crippen molar-refractivity contribution in [1.82, 2.24) is 10.1 Å². The van der Waals surface area contributed by atoms with Crippen LogP contribution in [-0.4, -0.2) is 29.2 Å². The van der Waals surface area contributed by atoms with Crippen LogP contribution in [0.4, 0.5) is 5.69 Å². The Morgan fingerprint density at radius 1 is 1.26 bits per heavy atom. The highest BCUT2D eigenvalue weighted by molar-refractivity contribution is 5.96. The zero-order valence-electron chi connectivity index (χ0n) is 15.4. The molecule has 1 amide bonds. The number of rotatable bonds is 5. The molecule has 1 unspecified atom stereocenters. The van der Waals surface area contributed by atoms with Crippen LogP contribution in [0.1, 0.15) is 24.8 Å². The topological polar surface area (TPSA) is 68.5 Å². The van der Waals surface area contributed by atoms with Crippen LogP contribution in [0.25, 0.3) is 11.4 Å². The van der Waals surface area contributed by atoms with Crippen molar-refractivity contribution in [1.29, 1.82) is 0 Å². The van der Waals surface area contributed by atoms with E-state index in [9.17, 15) is 4.79 Å². The summed E-state index contributed by atoms with van der Waals surface area (Å²) in [5.74, 6) is 1.77. The number of methoxy groups -OCH3 is 1. The van der Waals surface area contributed by atoms with Gasteiger partial charge in [0.15, 0.2) is 0 Å². The molecular weight excluding hydrogens is 342 g/mol. The molecule has 2 aromatic carbocycles. The predicted octanol–water partition coefficient (Wildman–Crippen LogP) is 3.66. The molecule has 6 heteroatoms. The maximum atomic E-state index is 12.8. The van der Waals surface area contributed by atoms with Crippen molar-refractivity contribution >= 4 is 11.6 Å². The maximum absolute atomic E-state index is 12.8. The number of aromatic nitrogens is 2. The number of ether oxygens (including phenoxy) is 1. The molecule has 1 aromatic heterocycles. The fourth-order valence-corrected chi connectivity index (χ4v) is 3.52. The lowest BCUT2D eigenvalue weighted by Crippen LogP contribution is -2.35. The fourth-order valence-electron chi connectivity index (χ4n) is 3.52.